The predicted molar refractivity (Wildman–Crippen MR) is 97.0 cm³/mol. The highest BCUT2D eigenvalue weighted by atomic mass is 16.5. The topological polar surface area (TPSA) is 95.7 Å². The van der Waals surface area contributed by atoms with Crippen LogP contribution in [0, 0.1) is 0 Å². The molecule has 1 amide bonds. The lowest BCUT2D eigenvalue weighted by Crippen LogP contribution is -2.23. The highest BCUT2D eigenvalue weighted by Crippen LogP contribution is 2.23. The minimum atomic E-state index is -0.309. The van der Waals surface area contributed by atoms with E-state index in [9.17, 15) is 4.79 Å². The number of aromatic nitrogens is 2. The lowest BCUT2D eigenvalue weighted by Gasteiger charge is -2.08. The zero-order valence-corrected chi connectivity index (χ0v) is 15.2. The van der Waals surface area contributed by atoms with E-state index in [2.05, 4.69) is 15.5 Å². The number of nitrogens with zero attached hydrogens (tertiary/aromatic N) is 2. The minimum Gasteiger partial charge on any atom is -0.497 e. The van der Waals surface area contributed by atoms with Crippen LogP contribution in [0.3, 0.4) is 0 Å². The number of carbonyl (C=O) groups is 1. The molecule has 0 saturated carbocycles. The highest BCUT2D eigenvalue weighted by Gasteiger charge is 2.13. The fourth-order valence-corrected chi connectivity index (χ4v) is 2.38. The van der Waals surface area contributed by atoms with E-state index in [0.29, 0.717) is 28.8 Å². The third kappa shape index (κ3) is 4.35. The Morgan fingerprint density at radius 3 is 2.19 bits per heavy atom. The van der Waals surface area contributed by atoms with Gasteiger partial charge in [-0.15, -0.1) is 0 Å². The van der Waals surface area contributed by atoms with Gasteiger partial charge in [-0.05, 0) is 36.4 Å². The van der Waals surface area contributed by atoms with Gasteiger partial charge in [0.25, 0.3) is 5.91 Å². The van der Waals surface area contributed by atoms with Gasteiger partial charge in [0.15, 0.2) is 0 Å². The molecule has 8 nitrogen and oxygen atoms in total. The summed E-state index contributed by atoms with van der Waals surface area (Å²) < 4.78 is 20.7. The third-order valence-corrected chi connectivity index (χ3v) is 3.83. The van der Waals surface area contributed by atoms with Crippen molar-refractivity contribution < 1.29 is 23.5 Å². The maximum absolute atomic E-state index is 12.4. The Hall–Kier alpha value is -3.55. The lowest BCUT2D eigenvalue weighted by atomic mass is 10.2. The molecule has 2 aromatic carbocycles. The van der Waals surface area contributed by atoms with Crippen LogP contribution >= 0.6 is 0 Å². The van der Waals surface area contributed by atoms with Crippen molar-refractivity contribution in [2.45, 2.75) is 6.54 Å². The second-order valence-electron chi connectivity index (χ2n) is 5.52. The summed E-state index contributed by atoms with van der Waals surface area (Å²) in [6.07, 6.45) is 0. The predicted octanol–water partition coefficient (Wildman–Crippen LogP) is 2.69. The molecule has 0 saturated heterocycles. The summed E-state index contributed by atoms with van der Waals surface area (Å²) in [6.45, 7) is 0.0987. The van der Waals surface area contributed by atoms with E-state index in [1.165, 1.54) is 14.2 Å². The van der Waals surface area contributed by atoms with Gasteiger partial charge >= 0.3 is 0 Å². The number of amides is 1. The first-order valence-corrected chi connectivity index (χ1v) is 8.11. The zero-order valence-electron chi connectivity index (χ0n) is 15.2. The van der Waals surface area contributed by atoms with Gasteiger partial charge in [-0.25, -0.2) is 0 Å². The Morgan fingerprint density at radius 2 is 1.59 bits per heavy atom. The Morgan fingerprint density at radius 1 is 0.963 bits per heavy atom. The molecule has 1 aromatic heterocycles. The summed E-state index contributed by atoms with van der Waals surface area (Å²) >= 11 is 0. The molecule has 8 heteroatoms. The molecule has 0 radical (unpaired) electrons. The number of rotatable bonds is 7. The summed E-state index contributed by atoms with van der Waals surface area (Å²) in [5.41, 5.74) is 1.19. The van der Waals surface area contributed by atoms with Crippen LogP contribution in [0.5, 0.6) is 17.2 Å². The maximum Gasteiger partial charge on any atom is 0.251 e. The molecule has 0 bridgehead atoms. The van der Waals surface area contributed by atoms with Gasteiger partial charge < -0.3 is 24.1 Å². The molecule has 0 aliphatic heterocycles. The fourth-order valence-electron chi connectivity index (χ4n) is 2.38. The maximum atomic E-state index is 12.4. The van der Waals surface area contributed by atoms with Crippen LogP contribution in [0.15, 0.2) is 47.0 Å². The van der Waals surface area contributed by atoms with Crippen LogP contribution in [0.4, 0.5) is 0 Å². The third-order valence-electron chi connectivity index (χ3n) is 3.83. The summed E-state index contributed by atoms with van der Waals surface area (Å²) in [5.74, 6) is 2.21. The van der Waals surface area contributed by atoms with E-state index >= 15 is 0 Å². The number of hydrogen-bond donors (Lipinski definition) is 1. The molecule has 3 aromatic rings. The molecule has 140 valence electrons. The van der Waals surface area contributed by atoms with E-state index < -0.39 is 0 Å². The number of benzene rings is 2. The summed E-state index contributed by atoms with van der Waals surface area (Å²) in [7, 11) is 4.65. The number of ether oxygens (including phenoxy) is 3. The molecule has 0 unspecified atom stereocenters. The number of hydrogen-bond acceptors (Lipinski definition) is 7. The van der Waals surface area contributed by atoms with Crippen molar-refractivity contribution in [3.63, 3.8) is 0 Å². The number of nitrogens with one attached hydrogen (secondary N) is 1. The Labute approximate surface area is 156 Å². The van der Waals surface area contributed by atoms with E-state index in [1.807, 2.05) is 24.3 Å². The first-order valence-electron chi connectivity index (χ1n) is 8.11. The molecule has 3 rings (SSSR count). The van der Waals surface area contributed by atoms with Crippen LogP contribution in [0.25, 0.3) is 11.4 Å². The van der Waals surface area contributed by atoms with Gasteiger partial charge in [-0.1, -0.05) is 5.16 Å². The van der Waals surface area contributed by atoms with E-state index in [0.717, 1.165) is 11.3 Å². The average Bonchev–Trinajstić information content (AvgIpc) is 3.20. The van der Waals surface area contributed by atoms with Crippen molar-refractivity contribution >= 4 is 5.91 Å². The molecule has 1 heterocycles. The van der Waals surface area contributed by atoms with Gasteiger partial charge in [-0.3, -0.25) is 4.79 Å². The molecule has 1 N–H and O–H groups in total. The molecular formula is C19H19N3O5. The zero-order chi connectivity index (χ0) is 19.2. The summed E-state index contributed by atoms with van der Waals surface area (Å²) in [4.78, 5) is 16.7. The molecule has 27 heavy (non-hydrogen) atoms. The van der Waals surface area contributed by atoms with Gasteiger partial charge in [0.2, 0.25) is 11.7 Å². The number of methoxy groups -OCH3 is 3. The first-order chi connectivity index (χ1) is 13.1. The molecular weight excluding hydrogens is 350 g/mol. The SMILES string of the molecule is COc1ccc(-c2noc(CNC(=O)c3cc(OC)cc(OC)c3)n2)cc1. The first kappa shape index (κ1) is 18.2. The molecule has 0 spiro atoms. The van der Waals surface area contributed by atoms with Crippen molar-refractivity contribution in [3.8, 4) is 28.6 Å². The van der Waals surface area contributed by atoms with Crippen molar-refractivity contribution in [1.29, 1.82) is 0 Å². The second-order valence-corrected chi connectivity index (χ2v) is 5.52. The summed E-state index contributed by atoms with van der Waals surface area (Å²) in [6, 6.07) is 12.2. The standard InChI is InChI=1S/C19H19N3O5/c1-24-14-6-4-12(5-7-14)18-21-17(27-22-18)11-20-19(23)13-8-15(25-2)10-16(9-13)26-3/h4-10H,11H2,1-3H3,(H,20,23). The van der Waals surface area contributed by atoms with Crippen LogP contribution in [-0.4, -0.2) is 37.4 Å². The van der Waals surface area contributed by atoms with E-state index in [4.69, 9.17) is 18.7 Å². The van der Waals surface area contributed by atoms with Crippen LogP contribution < -0.4 is 19.5 Å². The molecule has 0 atom stereocenters. The average molecular weight is 369 g/mol. The van der Waals surface area contributed by atoms with Gasteiger partial charge in [-0.2, -0.15) is 4.98 Å². The van der Waals surface area contributed by atoms with Gasteiger partial charge in [0.05, 0.1) is 27.9 Å². The summed E-state index contributed by atoms with van der Waals surface area (Å²) in [5, 5.41) is 6.66. The largest absolute Gasteiger partial charge is 0.497 e. The van der Waals surface area contributed by atoms with Gasteiger partial charge in [0, 0.05) is 17.2 Å². The van der Waals surface area contributed by atoms with Crippen LogP contribution in [0.2, 0.25) is 0 Å². The monoisotopic (exact) mass is 369 g/mol. The van der Waals surface area contributed by atoms with Crippen LogP contribution in [0.1, 0.15) is 16.2 Å². The van der Waals surface area contributed by atoms with Gasteiger partial charge in [0.1, 0.15) is 17.2 Å². The van der Waals surface area contributed by atoms with Crippen molar-refractivity contribution in [1.82, 2.24) is 15.5 Å². The van der Waals surface area contributed by atoms with Crippen LogP contribution in [-0.2, 0) is 6.54 Å². The fraction of sp³-hybridized carbons (Fsp3) is 0.211. The second kappa shape index (κ2) is 8.22. The minimum absolute atomic E-state index is 0.0987. The molecule has 0 aliphatic carbocycles. The Bertz CT molecular complexity index is 899. The molecule has 0 fully saturated rings. The normalized spacial score (nSPS) is 10.3. The number of carbonyl (C=O) groups excluding carboxylic acids is 1. The van der Waals surface area contributed by atoms with Crippen molar-refractivity contribution in [3.05, 3.63) is 53.9 Å². The van der Waals surface area contributed by atoms with Crippen molar-refractivity contribution in [2.75, 3.05) is 21.3 Å². The van der Waals surface area contributed by atoms with E-state index in [-0.39, 0.29) is 12.5 Å². The smallest absolute Gasteiger partial charge is 0.251 e. The van der Waals surface area contributed by atoms with Crippen molar-refractivity contribution in [2.24, 2.45) is 0 Å². The molecule has 0 aliphatic rings. The quantitative estimate of drug-likeness (QED) is 0.684. The lowest BCUT2D eigenvalue weighted by molar-refractivity contribution is 0.0945. The highest BCUT2D eigenvalue weighted by molar-refractivity contribution is 5.95. The Kier molecular flexibility index (Phi) is 5.55. The Balaban J connectivity index is 1.66. The van der Waals surface area contributed by atoms with E-state index in [1.54, 1.807) is 25.3 Å².